The zero-order chi connectivity index (χ0) is 13.3. The summed E-state index contributed by atoms with van der Waals surface area (Å²) in [6.45, 7) is 9.61. The minimum Gasteiger partial charge on any atom is -0.377 e. The summed E-state index contributed by atoms with van der Waals surface area (Å²) in [5, 5.41) is 3.53. The fourth-order valence-electron chi connectivity index (χ4n) is 2.94. The van der Waals surface area contributed by atoms with Crippen LogP contribution in [0.15, 0.2) is 0 Å². The van der Waals surface area contributed by atoms with Crippen molar-refractivity contribution >= 4 is 0 Å². The van der Waals surface area contributed by atoms with E-state index in [-0.39, 0.29) is 0 Å². The maximum atomic E-state index is 5.87. The number of nitrogens with one attached hydrogen (secondary N) is 1. The van der Waals surface area contributed by atoms with Crippen molar-refractivity contribution in [1.82, 2.24) is 10.2 Å². The second-order valence-corrected chi connectivity index (χ2v) is 5.77. The molecule has 0 aliphatic carbocycles. The van der Waals surface area contributed by atoms with Crippen LogP contribution < -0.4 is 5.32 Å². The number of rotatable bonds is 8. The third-order valence-electron chi connectivity index (χ3n) is 4.02. The zero-order valence-corrected chi connectivity index (χ0v) is 12.4. The lowest BCUT2D eigenvalue weighted by atomic mass is 10.1. The highest BCUT2D eigenvalue weighted by molar-refractivity contribution is 4.74. The monoisotopic (exact) mass is 270 g/mol. The largest absolute Gasteiger partial charge is 0.377 e. The van der Waals surface area contributed by atoms with E-state index in [2.05, 4.69) is 17.1 Å². The highest BCUT2D eigenvalue weighted by atomic mass is 16.5. The van der Waals surface area contributed by atoms with E-state index in [4.69, 9.17) is 9.47 Å². The summed E-state index contributed by atoms with van der Waals surface area (Å²) in [6, 6.07) is 0. The van der Waals surface area contributed by atoms with Crippen molar-refractivity contribution in [2.45, 2.75) is 51.2 Å². The van der Waals surface area contributed by atoms with Gasteiger partial charge in [-0.2, -0.15) is 0 Å². The molecule has 1 N–H and O–H groups in total. The maximum Gasteiger partial charge on any atom is 0.0702 e. The molecule has 4 heteroatoms. The van der Waals surface area contributed by atoms with Crippen LogP contribution in [0.3, 0.4) is 0 Å². The SMILES string of the molecule is CCCOC1CCCN(CCNCC2CCCO2)C1. The van der Waals surface area contributed by atoms with Crippen LogP contribution >= 0.6 is 0 Å². The van der Waals surface area contributed by atoms with Gasteiger partial charge in [0.15, 0.2) is 0 Å². The minimum absolute atomic E-state index is 0.460. The van der Waals surface area contributed by atoms with E-state index in [0.29, 0.717) is 12.2 Å². The fourth-order valence-corrected chi connectivity index (χ4v) is 2.94. The van der Waals surface area contributed by atoms with Crippen LogP contribution in [0.2, 0.25) is 0 Å². The van der Waals surface area contributed by atoms with Gasteiger partial charge in [-0.1, -0.05) is 6.92 Å². The Kier molecular flexibility index (Phi) is 7.14. The second kappa shape index (κ2) is 8.90. The Morgan fingerprint density at radius 3 is 3.05 bits per heavy atom. The molecule has 0 saturated carbocycles. The van der Waals surface area contributed by atoms with Gasteiger partial charge in [0.25, 0.3) is 0 Å². The van der Waals surface area contributed by atoms with Gasteiger partial charge in [-0.25, -0.2) is 0 Å². The van der Waals surface area contributed by atoms with E-state index in [1.165, 1.54) is 32.2 Å². The molecule has 112 valence electrons. The number of likely N-dealkylation sites (tertiary alicyclic amines) is 1. The van der Waals surface area contributed by atoms with Gasteiger partial charge in [-0.05, 0) is 38.6 Å². The van der Waals surface area contributed by atoms with E-state index >= 15 is 0 Å². The van der Waals surface area contributed by atoms with Crippen molar-refractivity contribution in [3.8, 4) is 0 Å². The Hall–Kier alpha value is -0.160. The van der Waals surface area contributed by atoms with Crippen LogP contribution in [0, 0.1) is 0 Å². The predicted octanol–water partition coefficient (Wildman–Crippen LogP) is 1.65. The quantitative estimate of drug-likeness (QED) is 0.680. The first-order valence-electron chi connectivity index (χ1n) is 8.04. The van der Waals surface area contributed by atoms with Crippen molar-refractivity contribution in [2.24, 2.45) is 0 Å². The average molecular weight is 270 g/mol. The molecule has 2 unspecified atom stereocenters. The Morgan fingerprint density at radius 2 is 2.26 bits per heavy atom. The average Bonchev–Trinajstić information content (AvgIpc) is 2.95. The first-order valence-corrected chi connectivity index (χ1v) is 8.04. The van der Waals surface area contributed by atoms with E-state index in [0.717, 1.165) is 45.8 Å². The van der Waals surface area contributed by atoms with Crippen molar-refractivity contribution in [1.29, 1.82) is 0 Å². The van der Waals surface area contributed by atoms with Gasteiger partial charge in [-0.3, -0.25) is 4.90 Å². The molecule has 2 aliphatic rings. The van der Waals surface area contributed by atoms with Crippen molar-refractivity contribution in [3.63, 3.8) is 0 Å². The lowest BCUT2D eigenvalue weighted by molar-refractivity contribution is 0.000152. The number of ether oxygens (including phenoxy) is 2. The summed E-state index contributed by atoms with van der Waals surface area (Å²) >= 11 is 0. The molecular formula is C15H30N2O2. The van der Waals surface area contributed by atoms with Crippen LogP contribution in [0.1, 0.15) is 39.0 Å². The number of nitrogens with zero attached hydrogens (tertiary/aromatic N) is 1. The second-order valence-electron chi connectivity index (χ2n) is 5.77. The van der Waals surface area contributed by atoms with Gasteiger partial charge in [0.2, 0.25) is 0 Å². The highest BCUT2D eigenvalue weighted by Crippen LogP contribution is 2.13. The van der Waals surface area contributed by atoms with E-state index in [1.807, 2.05) is 0 Å². The summed E-state index contributed by atoms with van der Waals surface area (Å²) in [5.41, 5.74) is 0. The minimum atomic E-state index is 0.460. The molecule has 0 amide bonds. The molecule has 2 heterocycles. The summed E-state index contributed by atoms with van der Waals surface area (Å²) in [5.74, 6) is 0. The summed E-state index contributed by atoms with van der Waals surface area (Å²) in [7, 11) is 0. The lowest BCUT2D eigenvalue weighted by Gasteiger charge is -2.32. The maximum absolute atomic E-state index is 5.87. The molecule has 2 atom stereocenters. The van der Waals surface area contributed by atoms with Crippen LogP contribution in [0.25, 0.3) is 0 Å². The first kappa shape index (κ1) is 15.2. The van der Waals surface area contributed by atoms with Crippen LogP contribution in [-0.4, -0.2) is 63.0 Å². The Morgan fingerprint density at radius 1 is 1.32 bits per heavy atom. The van der Waals surface area contributed by atoms with Crippen molar-refractivity contribution in [2.75, 3.05) is 45.9 Å². The van der Waals surface area contributed by atoms with E-state index < -0.39 is 0 Å². The zero-order valence-electron chi connectivity index (χ0n) is 12.4. The fraction of sp³-hybridized carbons (Fsp3) is 1.00. The molecule has 0 bridgehead atoms. The predicted molar refractivity (Wildman–Crippen MR) is 77.5 cm³/mol. The molecule has 0 spiro atoms. The summed E-state index contributed by atoms with van der Waals surface area (Å²) in [4.78, 5) is 2.53. The number of piperidine rings is 1. The highest BCUT2D eigenvalue weighted by Gasteiger charge is 2.20. The Labute approximate surface area is 117 Å². The number of hydrogen-bond donors (Lipinski definition) is 1. The summed E-state index contributed by atoms with van der Waals surface area (Å²) < 4.78 is 11.5. The molecule has 4 nitrogen and oxygen atoms in total. The Bertz CT molecular complexity index is 232. The van der Waals surface area contributed by atoms with Crippen LogP contribution in [0.5, 0.6) is 0 Å². The molecule has 2 fully saturated rings. The molecule has 0 aromatic heterocycles. The molecule has 19 heavy (non-hydrogen) atoms. The van der Waals surface area contributed by atoms with Crippen LogP contribution in [-0.2, 0) is 9.47 Å². The van der Waals surface area contributed by atoms with Crippen molar-refractivity contribution < 1.29 is 9.47 Å². The Balaban J connectivity index is 1.52. The molecular weight excluding hydrogens is 240 g/mol. The van der Waals surface area contributed by atoms with Gasteiger partial charge >= 0.3 is 0 Å². The van der Waals surface area contributed by atoms with E-state index in [1.54, 1.807) is 0 Å². The third kappa shape index (κ3) is 5.78. The smallest absolute Gasteiger partial charge is 0.0702 e. The molecule has 2 rings (SSSR count). The van der Waals surface area contributed by atoms with Gasteiger partial charge < -0.3 is 14.8 Å². The topological polar surface area (TPSA) is 33.7 Å². The molecule has 0 radical (unpaired) electrons. The molecule has 0 aromatic rings. The normalized spacial score (nSPS) is 28.9. The van der Waals surface area contributed by atoms with E-state index in [9.17, 15) is 0 Å². The lowest BCUT2D eigenvalue weighted by Crippen LogP contribution is -2.43. The van der Waals surface area contributed by atoms with Gasteiger partial charge in [0, 0.05) is 39.4 Å². The number of hydrogen-bond acceptors (Lipinski definition) is 4. The van der Waals surface area contributed by atoms with Gasteiger partial charge in [0.05, 0.1) is 12.2 Å². The third-order valence-corrected chi connectivity index (χ3v) is 4.02. The van der Waals surface area contributed by atoms with Gasteiger partial charge in [-0.15, -0.1) is 0 Å². The molecule has 2 aliphatic heterocycles. The first-order chi connectivity index (χ1) is 9.38. The standard InChI is InChI=1S/C15H30N2O2/c1-2-10-18-15-5-3-8-17(13-15)9-7-16-12-14-6-4-11-19-14/h14-16H,2-13H2,1H3. The molecule has 0 aromatic carbocycles. The van der Waals surface area contributed by atoms with Crippen LogP contribution in [0.4, 0.5) is 0 Å². The van der Waals surface area contributed by atoms with Crippen molar-refractivity contribution in [3.05, 3.63) is 0 Å². The molecule has 2 saturated heterocycles. The van der Waals surface area contributed by atoms with Gasteiger partial charge in [0.1, 0.15) is 0 Å². The summed E-state index contributed by atoms with van der Waals surface area (Å²) in [6.07, 6.45) is 7.02.